The number of hydrogen-bond acceptors (Lipinski definition) is 3. The van der Waals surface area contributed by atoms with Gasteiger partial charge in [-0.3, -0.25) is 14.4 Å². The molecule has 1 rings (SSSR count). The molecule has 0 unspecified atom stereocenters. The number of nitrogens with two attached hydrogens (primary N) is 1. The highest BCUT2D eigenvalue weighted by Gasteiger charge is 2.25. The van der Waals surface area contributed by atoms with Gasteiger partial charge in [0, 0.05) is 13.3 Å². The van der Waals surface area contributed by atoms with Crippen LogP contribution in [0.5, 0.6) is 0 Å². The number of nitrogens with one attached hydrogen (secondary N) is 2. The Morgan fingerprint density at radius 1 is 1.04 bits per heavy atom. The molecule has 0 aliphatic heterocycles. The Labute approximate surface area is 149 Å². The van der Waals surface area contributed by atoms with Crippen LogP contribution in [0, 0.1) is 19.8 Å². The highest BCUT2D eigenvalue weighted by molar-refractivity contribution is 5.91. The molecule has 0 radical (unpaired) electrons. The van der Waals surface area contributed by atoms with Gasteiger partial charge in [0.25, 0.3) is 0 Å². The van der Waals surface area contributed by atoms with Gasteiger partial charge in [0.1, 0.15) is 12.1 Å². The number of hydrogen-bond donors (Lipinski definition) is 3. The third-order valence-electron chi connectivity index (χ3n) is 4.07. The molecule has 2 atom stereocenters. The van der Waals surface area contributed by atoms with E-state index in [0.717, 1.165) is 16.7 Å². The SMILES string of the molecule is CC(=O)N[C@@H](CC(C)C)C(=O)N[C@H](Cc1ccc(C)c(C)c1)C(N)=O. The Morgan fingerprint density at radius 2 is 1.68 bits per heavy atom. The predicted molar refractivity (Wildman–Crippen MR) is 97.8 cm³/mol. The fraction of sp³-hybridized carbons (Fsp3) is 0.526. The van der Waals surface area contributed by atoms with Gasteiger partial charge in [-0.1, -0.05) is 32.0 Å². The summed E-state index contributed by atoms with van der Waals surface area (Å²) in [5, 5.41) is 5.31. The number of amides is 3. The molecule has 1 aromatic rings. The third kappa shape index (κ3) is 6.95. The summed E-state index contributed by atoms with van der Waals surface area (Å²) in [6, 6.07) is 4.38. The molecule has 0 heterocycles. The minimum atomic E-state index is -0.821. The van der Waals surface area contributed by atoms with Crippen molar-refractivity contribution in [2.24, 2.45) is 11.7 Å². The van der Waals surface area contributed by atoms with E-state index in [-0.39, 0.29) is 11.8 Å². The number of aryl methyl sites for hydroxylation is 2. The molecule has 0 saturated heterocycles. The largest absolute Gasteiger partial charge is 0.368 e. The van der Waals surface area contributed by atoms with Crippen molar-refractivity contribution in [3.63, 3.8) is 0 Å². The van der Waals surface area contributed by atoms with E-state index in [1.165, 1.54) is 6.92 Å². The first-order chi connectivity index (χ1) is 11.6. The van der Waals surface area contributed by atoms with Crippen molar-refractivity contribution in [2.75, 3.05) is 0 Å². The number of carbonyl (C=O) groups excluding carboxylic acids is 3. The average molecular weight is 347 g/mol. The van der Waals surface area contributed by atoms with Crippen LogP contribution in [0.2, 0.25) is 0 Å². The summed E-state index contributed by atoms with van der Waals surface area (Å²) >= 11 is 0. The van der Waals surface area contributed by atoms with Gasteiger partial charge in [0.15, 0.2) is 0 Å². The van der Waals surface area contributed by atoms with Gasteiger partial charge in [-0.25, -0.2) is 0 Å². The molecule has 0 aromatic heterocycles. The fourth-order valence-electron chi connectivity index (χ4n) is 2.61. The van der Waals surface area contributed by atoms with Crippen molar-refractivity contribution in [3.05, 3.63) is 34.9 Å². The summed E-state index contributed by atoms with van der Waals surface area (Å²) in [6.45, 7) is 9.29. The maximum Gasteiger partial charge on any atom is 0.243 e. The van der Waals surface area contributed by atoms with Crippen molar-refractivity contribution < 1.29 is 14.4 Å². The highest BCUT2D eigenvalue weighted by Crippen LogP contribution is 2.12. The molecule has 0 aliphatic rings. The molecular weight excluding hydrogens is 318 g/mol. The Hall–Kier alpha value is -2.37. The van der Waals surface area contributed by atoms with E-state index >= 15 is 0 Å². The smallest absolute Gasteiger partial charge is 0.243 e. The van der Waals surface area contributed by atoms with Crippen LogP contribution in [0.25, 0.3) is 0 Å². The van der Waals surface area contributed by atoms with Crippen LogP contribution in [0.1, 0.15) is 43.9 Å². The van der Waals surface area contributed by atoms with Crippen molar-refractivity contribution >= 4 is 17.7 Å². The molecule has 0 spiro atoms. The molecule has 1 aromatic carbocycles. The molecule has 6 heteroatoms. The van der Waals surface area contributed by atoms with Crippen LogP contribution in [-0.4, -0.2) is 29.8 Å². The van der Waals surface area contributed by atoms with Gasteiger partial charge in [0.05, 0.1) is 0 Å². The van der Waals surface area contributed by atoms with Crippen LogP contribution in [0.4, 0.5) is 0 Å². The fourth-order valence-corrected chi connectivity index (χ4v) is 2.61. The van der Waals surface area contributed by atoms with E-state index in [4.69, 9.17) is 5.73 Å². The first kappa shape index (κ1) is 20.7. The van der Waals surface area contributed by atoms with E-state index in [0.29, 0.717) is 12.8 Å². The lowest BCUT2D eigenvalue weighted by Crippen LogP contribution is -2.53. The van der Waals surface area contributed by atoms with Crippen LogP contribution in [0.3, 0.4) is 0 Å². The zero-order valence-electron chi connectivity index (χ0n) is 15.7. The lowest BCUT2D eigenvalue weighted by Gasteiger charge is -2.23. The van der Waals surface area contributed by atoms with E-state index in [1.807, 2.05) is 45.9 Å². The highest BCUT2D eigenvalue weighted by atomic mass is 16.2. The number of rotatable bonds is 8. The zero-order chi connectivity index (χ0) is 19.1. The summed E-state index contributed by atoms with van der Waals surface area (Å²) in [5.41, 5.74) is 8.66. The summed E-state index contributed by atoms with van der Waals surface area (Å²) in [7, 11) is 0. The molecule has 25 heavy (non-hydrogen) atoms. The number of primary amides is 1. The van der Waals surface area contributed by atoms with Crippen molar-refractivity contribution in [2.45, 2.75) is 59.5 Å². The van der Waals surface area contributed by atoms with Gasteiger partial charge in [-0.15, -0.1) is 0 Å². The number of carbonyl (C=O) groups is 3. The van der Waals surface area contributed by atoms with E-state index in [2.05, 4.69) is 10.6 Å². The van der Waals surface area contributed by atoms with Crippen molar-refractivity contribution in [3.8, 4) is 0 Å². The second-order valence-corrected chi connectivity index (χ2v) is 6.97. The minimum absolute atomic E-state index is 0.217. The second kappa shape index (κ2) is 9.20. The van der Waals surface area contributed by atoms with Crippen molar-refractivity contribution in [1.29, 1.82) is 0 Å². The second-order valence-electron chi connectivity index (χ2n) is 6.97. The van der Waals surface area contributed by atoms with Crippen LogP contribution >= 0.6 is 0 Å². The molecule has 0 bridgehead atoms. The first-order valence-corrected chi connectivity index (χ1v) is 8.53. The zero-order valence-corrected chi connectivity index (χ0v) is 15.7. The minimum Gasteiger partial charge on any atom is -0.368 e. The molecule has 0 saturated carbocycles. The predicted octanol–water partition coefficient (Wildman–Crippen LogP) is 1.37. The van der Waals surface area contributed by atoms with Crippen LogP contribution in [-0.2, 0) is 20.8 Å². The summed E-state index contributed by atoms with van der Waals surface area (Å²) < 4.78 is 0. The van der Waals surface area contributed by atoms with Crippen LogP contribution < -0.4 is 16.4 Å². The molecule has 0 aliphatic carbocycles. The van der Waals surface area contributed by atoms with E-state index < -0.39 is 23.9 Å². The molecule has 138 valence electrons. The normalized spacial score (nSPS) is 13.2. The lowest BCUT2D eigenvalue weighted by molar-refractivity contribution is -0.131. The maximum absolute atomic E-state index is 12.5. The van der Waals surface area contributed by atoms with E-state index in [9.17, 15) is 14.4 Å². The average Bonchev–Trinajstić information content (AvgIpc) is 2.48. The topological polar surface area (TPSA) is 101 Å². The van der Waals surface area contributed by atoms with E-state index in [1.54, 1.807) is 0 Å². The molecule has 4 N–H and O–H groups in total. The first-order valence-electron chi connectivity index (χ1n) is 8.53. The Kier molecular flexibility index (Phi) is 7.61. The third-order valence-corrected chi connectivity index (χ3v) is 4.07. The van der Waals surface area contributed by atoms with Gasteiger partial charge >= 0.3 is 0 Å². The van der Waals surface area contributed by atoms with Gasteiger partial charge < -0.3 is 16.4 Å². The standard InChI is InChI=1S/C19H29N3O3/c1-11(2)8-17(21-14(5)23)19(25)22-16(18(20)24)10-15-7-6-12(3)13(4)9-15/h6-7,9,11,16-17H,8,10H2,1-5H3,(H2,20,24)(H,21,23)(H,22,25)/t16-,17+/m1/s1. The Balaban J connectivity index is 2.87. The van der Waals surface area contributed by atoms with Gasteiger partial charge in [0.2, 0.25) is 17.7 Å². The molecule has 6 nitrogen and oxygen atoms in total. The van der Waals surface area contributed by atoms with Crippen molar-refractivity contribution in [1.82, 2.24) is 10.6 Å². The van der Waals surface area contributed by atoms with Crippen LogP contribution in [0.15, 0.2) is 18.2 Å². The Morgan fingerprint density at radius 3 is 2.16 bits per heavy atom. The number of benzene rings is 1. The molecule has 3 amide bonds. The quantitative estimate of drug-likeness (QED) is 0.662. The summed E-state index contributed by atoms with van der Waals surface area (Å²) in [6.07, 6.45) is 0.803. The van der Waals surface area contributed by atoms with Gasteiger partial charge in [-0.05, 0) is 42.9 Å². The summed E-state index contributed by atoms with van der Waals surface area (Å²) in [4.78, 5) is 35.6. The lowest BCUT2D eigenvalue weighted by atomic mass is 9.99. The van der Waals surface area contributed by atoms with Gasteiger partial charge in [-0.2, -0.15) is 0 Å². The summed E-state index contributed by atoms with van der Waals surface area (Å²) in [5.74, 6) is -1.06. The molecule has 0 fully saturated rings. The monoisotopic (exact) mass is 347 g/mol. The Bertz CT molecular complexity index is 641. The molecular formula is C19H29N3O3. The maximum atomic E-state index is 12.5.